The van der Waals surface area contributed by atoms with Gasteiger partial charge in [0.25, 0.3) is 0 Å². The van der Waals surface area contributed by atoms with E-state index >= 15 is 0 Å². The Labute approximate surface area is 108 Å². The number of nitrogens with zero attached hydrogens (tertiary/aromatic N) is 2. The topological polar surface area (TPSA) is 105 Å². The fraction of sp³-hybridized carbons (Fsp3) is 0.600. The number of hydrogen-bond acceptors (Lipinski definition) is 6. The molecule has 18 heavy (non-hydrogen) atoms. The quantitative estimate of drug-likeness (QED) is 0.497. The van der Waals surface area contributed by atoms with Crippen LogP contribution in [0.15, 0.2) is 4.52 Å². The summed E-state index contributed by atoms with van der Waals surface area (Å²) in [6.07, 6.45) is 1.45. The smallest absolute Gasteiger partial charge is 0.326 e. The molecule has 0 aliphatic carbocycles. The van der Waals surface area contributed by atoms with E-state index in [-0.39, 0.29) is 0 Å². The van der Waals surface area contributed by atoms with Crippen LogP contribution in [0.25, 0.3) is 0 Å². The van der Waals surface area contributed by atoms with Crippen LogP contribution in [0, 0.1) is 0 Å². The number of carboxylic acids is 1. The second-order valence-corrected chi connectivity index (χ2v) is 4.58. The van der Waals surface area contributed by atoms with Gasteiger partial charge in [0.05, 0.1) is 5.75 Å². The van der Waals surface area contributed by atoms with Crippen LogP contribution in [-0.2, 0) is 21.8 Å². The number of hydrogen-bond donors (Lipinski definition) is 2. The predicted molar refractivity (Wildman–Crippen MR) is 65.1 cm³/mol. The molecule has 0 aromatic carbocycles. The van der Waals surface area contributed by atoms with Crippen LogP contribution in [0.5, 0.6) is 0 Å². The molecular formula is C10H15N3O4S. The Bertz CT molecular complexity index is 396. The molecule has 1 heterocycles. The van der Waals surface area contributed by atoms with Gasteiger partial charge in [-0.2, -0.15) is 16.7 Å². The number of carbonyl (C=O) groups excluding carboxylic acids is 1. The van der Waals surface area contributed by atoms with Crippen LogP contribution in [0.1, 0.15) is 25.1 Å². The van der Waals surface area contributed by atoms with Gasteiger partial charge in [0.2, 0.25) is 12.3 Å². The van der Waals surface area contributed by atoms with Gasteiger partial charge in [-0.15, -0.1) is 0 Å². The number of aromatic nitrogens is 2. The number of aryl methyl sites for hydroxylation is 1. The van der Waals surface area contributed by atoms with E-state index in [1.54, 1.807) is 0 Å². The van der Waals surface area contributed by atoms with Crippen molar-refractivity contribution >= 4 is 24.1 Å². The third-order valence-corrected chi connectivity index (χ3v) is 3.15. The minimum Gasteiger partial charge on any atom is -0.480 e. The highest BCUT2D eigenvalue weighted by Crippen LogP contribution is 2.12. The molecule has 0 spiro atoms. The first kappa shape index (κ1) is 14.5. The fourth-order valence-corrected chi connectivity index (χ4v) is 2.06. The molecule has 8 heteroatoms. The summed E-state index contributed by atoms with van der Waals surface area (Å²) in [5.41, 5.74) is 0. The SMILES string of the molecule is CCc1nc(CSCCC(NC=O)C(=O)O)no1. The highest BCUT2D eigenvalue weighted by atomic mass is 32.2. The van der Waals surface area contributed by atoms with E-state index < -0.39 is 12.0 Å². The summed E-state index contributed by atoms with van der Waals surface area (Å²) in [5.74, 6) is 1.32. The molecule has 1 atom stereocenters. The highest BCUT2D eigenvalue weighted by Gasteiger charge is 2.15. The second-order valence-electron chi connectivity index (χ2n) is 3.47. The number of thioether (sulfide) groups is 1. The summed E-state index contributed by atoms with van der Waals surface area (Å²) in [7, 11) is 0. The minimum absolute atomic E-state index is 0.358. The monoisotopic (exact) mass is 273 g/mol. The van der Waals surface area contributed by atoms with Crippen LogP contribution in [0.4, 0.5) is 0 Å². The lowest BCUT2D eigenvalue weighted by Gasteiger charge is -2.09. The molecular weight excluding hydrogens is 258 g/mol. The molecule has 0 fully saturated rings. The van der Waals surface area contributed by atoms with Crippen molar-refractivity contribution in [2.75, 3.05) is 5.75 Å². The van der Waals surface area contributed by atoms with Gasteiger partial charge in [-0.05, 0) is 12.2 Å². The Morgan fingerprint density at radius 3 is 3.00 bits per heavy atom. The molecule has 0 radical (unpaired) electrons. The largest absolute Gasteiger partial charge is 0.480 e. The molecule has 0 aliphatic heterocycles. The van der Waals surface area contributed by atoms with Crippen molar-refractivity contribution in [3.8, 4) is 0 Å². The molecule has 2 N–H and O–H groups in total. The first-order chi connectivity index (χ1) is 8.67. The molecule has 0 saturated carbocycles. The normalized spacial score (nSPS) is 12.1. The minimum atomic E-state index is -1.03. The fourth-order valence-electron chi connectivity index (χ4n) is 1.22. The van der Waals surface area contributed by atoms with Crippen LogP contribution in [0.2, 0.25) is 0 Å². The van der Waals surface area contributed by atoms with E-state index in [0.717, 1.165) is 0 Å². The number of aliphatic carboxylic acids is 1. The summed E-state index contributed by atoms with van der Waals surface area (Å²) in [6, 6.07) is -0.841. The summed E-state index contributed by atoms with van der Waals surface area (Å²) < 4.78 is 4.94. The molecule has 1 aromatic heterocycles. The lowest BCUT2D eigenvalue weighted by Crippen LogP contribution is -2.36. The first-order valence-electron chi connectivity index (χ1n) is 5.49. The van der Waals surface area contributed by atoms with Crippen molar-refractivity contribution in [2.24, 2.45) is 0 Å². The Morgan fingerprint density at radius 1 is 1.67 bits per heavy atom. The van der Waals surface area contributed by atoms with E-state index in [0.29, 0.717) is 42.5 Å². The van der Waals surface area contributed by atoms with Gasteiger partial charge >= 0.3 is 5.97 Å². The van der Waals surface area contributed by atoms with Gasteiger partial charge in [0.15, 0.2) is 5.82 Å². The number of carbonyl (C=O) groups is 2. The molecule has 0 saturated heterocycles. The number of nitrogens with one attached hydrogen (secondary N) is 1. The van der Waals surface area contributed by atoms with Crippen molar-refractivity contribution in [3.63, 3.8) is 0 Å². The van der Waals surface area contributed by atoms with E-state index in [4.69, 9.17) is 9.63 Å². The Balaban J connectivity index is 2.24. The molecule has 100 valence electrons. The molecule has 1 unspecified atom stereocenters. The Morgan fingerprint density at radius 2 is 2.44 bits per heavy atom. The zero-order valence-electron chi connectivity index (χ0n) is 9.96. The van der Waals surface area contributed by atoms with Crippen molar-refractivity contribution in [2.45, 2.75) is 31.6 Å². The van der Waals surface area contributed by atoms with Crippen LogP contribution in [0.3, 0.4) is 0 Å². The molecule has 1 amide bonds. The van der Waals surface area contributed by atoms with E-state index in [9.17, 15) is 9.59 Å². The van der Waals surface area contributed by atoms with Crippen LogP contribution >= 0.6 is 11.8 Å². The third kappa shape index (κ3) is 4.74. The highest BCUT2D eigenvalue weighted by molar-refractivity contribution is 7.98. The number of rotatable bonds is 9. The standard InChI is InChI=1S/C10H15N3O4S/c1-2-9-12-8(13-17-9)5-18-4-3-7(10(15)16)11-6-14/h6-7H,2-5H2,1H3,(H,11,14)(H,15,16). The second kappa shape index (κ2) is 7.70. The van der Waals surface area contributed by atoms with Gasteiger partial charge in [0, 0.05) is 6.42 Å². The maximum atomic E-state index is 10.7. The van der Waals surface area contributed by atoms with Crippen molar-refractivity contribution in [3.05, 3.63) is 11.7 Å². The Hall–Kier alpha value is -1.57. The van der Waals surface area contributed by atoms with Gasteiger partial charge in [-0.3, -0.25) is 4.79 Å². The zero-order chi connectivity index (χ0) is 13.4. The number of amides is 1. The zero-order valence-corrected chi connectivity index (χ0v) is 10.8. The Kier molecular flexibility index (Phi) is 6.20. The summed E-state index contributed by atoms with van der Waals surface area (Å²) in [6.45, 7) is 1.92. The van der Waals surface area contributed by atoms with Crippen molar-refractivity contribution in [1.29, 1.82) is 0 Å². The van der Waals surface area contributed by atoms with Gasteiger partial charge in [-0.1, -0.05) is 12.1 Å². The van der Waals surface area contributed by atoms with Crippen LogP contribution < -0.4 is 5.32 Å². The van der Waals surface area contributed by atoms with Gasteiger partial charge < -0.3 is 14.9 Å². The summed E-state index contributed by atoms with van der Waals surface area (Å²) in [5, 5.41) is 14.8. The van der Waals surface area contributed by atoms with E-state index in [1.807, 2.05) is 6.92 Å². The average molecular weight is 273 g/mol. The molecule has 0 bridgehead atoms. The summed E-state index contributed by atoms with van der Waals surface area (Å²) >= 11 is 1.50. The number of carboxylic acid groups (broad SMARTS) is 1. The third-order valence-electron chi connectivity index (χ3n) is 2.16. The molecule has 1 rings (SSSR count). The lowest BCUT2D eigenvalue weighted by molar-refractivity contribution is -0.140. The summed E-state index contributed by atoms with van der Waals surface area (Å²) in [4.78, 5) is 25.1. The van der Waals surface area contributed by atoms with E-state index in [2.05, 4.69) is 15.5 Å². The molecule has 1 aromatic rings. The maximum absolute atomic E-state index is 10.7. The predicted octanol–water partition coefficient (Wildman–Crippen LogP) is 0.454. The lowest BCUT2D eigenvalue weighted by atomic mass is 10.2. The molecule has 0 aliphatic rings. The van der Waals surface area contributed by atoms with Gasteiger partial charge in [-0.25, -0.2) is 4.79 Å². The van der Waals surface area contributed by atoms with Crippen molar-refractivity contribution < 1.29 is 19.2 Å². The van der Waals surface area contributed by atoms with Crippen molar-refractivity contribution in [1.82, 2.24) is 15.5 Å². The van der Waals surface area contributed by atoms with Crippen LogP contribution in [-0.4, -0.2) is 39.4 Å². The maximum Gasteiger partial charge on any atom is 0.326 e. The van der Waals surface area contributed by atoms with E-state index in [1.165, 1.54) is 11.8 Å². The average Bonchev–Trinajstić information content (AvgIpc) is 2.80. The van der Waals surface area contributed by atoms with Gasteiger partial charge in [0.1, 0.15) is 6.04 Å². The molecule has 7 nitrogen and oxygen atoms in total. The first-order valence-corrected chi connectivity index (χ1v) is 6.64.